The molecule has 5 heteroatoms. The maximum absolute atomic E-state index is 11.6. The van der Waals surface area contributed by atoms with Crippen LogP contribution in [-0.4, -0.2) is 37.1 Å². The number of methoxy groups -OCH3 is 1. The molecule has 0 saturated carbocycles. The molecule has 1 aromatic rings. The topological polar surface area (TPSA) is 55.6 Å². The first kappa shape index (κ1) is 16.3. The van der Waals surface area contributed by atoms with Gasteiger partial charge in [0, 0.05) is 24.2 Å². The number of esters is 1. The number of carbonyl (C=O) groups excluding carboxylic acids is 1. The molecule has 0 spiro atoms. The van der Waals surface area contributed by atoms with Crippen LogP contribution in [0.2, 0.25) is 5.02 Å². The van der Waals surface area contributed by atoms with Crippen molar-refractivity contribution >= 4 is 17.6 Å². The van der Waals surface area contributed by atoms with Crippen molar-refractivity contribution in [2.75, 3.05) is 20.2 Å². The van der Waals surface area contributed by atoms with Gasteiger partial charge in [-0.25, -0.2) is 4.79 Å². The van der Waals surface area contributed by atoms with Crippen molar-refractivity contribution in [3.8, 4) is 0 Å². The van der Waals surface area contributed by atoms with E-state index in [1.807, 2.05) is 6.07 Å². The molecule has 2 N–H and O–H groups in total. The first-order valence-corrected chi connectivity index (χ1v) is 7.75. The molecule has 4 nitrogen and oxygen atoms in total. The Morgan fingerprint density at radius 3 is 2.95 bits per heavy atom. The Bertz CT molecular complexity index is 507. The van der Waals surface area contributed by atoms with Gasteiger partial charge in [-0.1, -0.05) is 18.5 Å². The molecule has 0 radical (unpaired) electrons. The van der Waals surface area contributed by atoms with Crippen molar-refractivity contribution in [1.82, 2.24) is 4.90 Å². The Balaban J connectivity index is 2.19. The number of halogens is 1. The van der Waals surface area contributed by atoms with Gasteiger partial charge in [-0.05, 0) is 49.1 Å². The average molecular weight is 311 g/mol. The van der Waals surface area contributed by atoms with Crippen molar-refractivity contribution in [3.63, 3.8) is 0 Å². The number of likely N-dealkylation sites (tertiary alicyclic amines) is 1. The Kier molecular flexibility index (Phi) is 5.62. The summed E-state index contributed by atoms with van der Waals surface area (Å²) >= 11 is 6.28. The Morgan fingerprint density at radius 1 is 1.52 bits per heavy atom. The fraction of sp³-hybridized carbons (Fsp3) is 0.562. The standard InChI is InChI=1S/C16H23ClN2O2/c1-11-4-3-7-19(15(11)9-18)10-13-8-12(16(20)21-2)5-6-14(13)17/h5-6,8,11,15H,3-4,7,9-10,18H2,1-2H3. The van der Waals surface area contributed by atoms with E-state index in [2.05, 4.69) is 11.8 Å². The van der Waals surface area contributed by atoms with Crippen LogP contribution in [0.5, 0.6) is 0 Å². The zero-order valence-corrected chi connectivity index (χ0v) is 13.4. The monoisotopic (exact) mass is 310 g/mol. The van der Waals surface area contributed by atoms with Crippen molar-refractivity contribution < 1.29 is 9.53 Å². The number of benzene rings is 1. The van der Waals surface area contributed by atoms with Crippen LogP contribution in [-0.2, 0) is 11.3 Å². The van der Waals surface area contributed by atoms with Crippen LogP contribution in [0, 0.1) is 5.92 Å². The first-order valence-electron chi connectivity index (χ1n) is 7.37. The van der Waals surface area contributed by atoms with Gasteiger partial charge in [-0.15, -0.1) is 0 Å². The summed E-state index contributed by atoms with van der Waals surface area (Å²) in [6.07, 6.45) is 2.39. The predicted molar refractivity (Wildman–Crippen MR) is 84.4 cm³/mol. The molecule has 1 heterocycles. The molecular formula is C16H23ClN2O2. The van der Waals surface area contributed by atoms with E-state index >= 15 is 0 Å². The summed E-state index contributed by atoms with van der Waals surface area (Å²) in [5, 5.41) is 0.677. The Labute approximate surface area is 131 Å². The van der Waals surface area contributed by atoms with E-state index in [-0.39, 0.29) is 5.97 Å². The van der Waals surface area contributed by atoms with Crippen LogP contribution >= 0.6 is 11.6 Å². The molecule has 2 rings (SSSR count). The fourth-order valence-corrected chi connectivity index (χ4v) is 3.25. The third kappa shape index (κ3) is 3.76. The van der Waals surface area contributed by atoms with Gasteiger partial charge in [0.15, 0.2) is 0 Å². The lowest BCUT2D eigenvalue weighted by atomic mass is 9.90. The fourth-order valence-electron chi connectivity index (χ4n) is 3.07. The van der Waals surface area contributed by atoms with E-state index in [4.69, 9.17) is 22.1 Å². The van der Waals surface area contributed by atoms with E-state index in [0.717, 1.165) is 18.7 Å². The summed E-state index contributed by atoms with van der Waals surface area (Å²) in [5.74, 6) is 0.251. The van der Waals surface area contributed by atoms with E-state index < -0.39 is 0 Å². The minimum absolute atomic E-state index is 0.338. The van der Waals surface area contributed by atoms with E-state index in [0.29, 0.717) is 29.1 Å². The van der Waals surface area contributed by atoms with E-state index in [1.54, 1.807) is 12.1 Å². The number of nitrogens with two attached hydrogens (primary N) is 1. The van der Waals surface area contributed by atoms with Crippen LogP contribution in [0.3, 0.4) is 0 Å². The summed E-state index contributed by atoms with van der Waals surface area (Å²) in [4.78, 5) is 14.0. The first-order chi connectivity index (χ1) is 10.1. The van der Waals surface area contributed by atoms with Crippen LogP contribution in [0.25, 0.3) is 0 Å². The molecule has 1 aliphatic rings. The number of hydrogen-bond acceptors (Lipinski definition) is 4. The zero-order valence-electron chi connectivity index (χ0n) is 12.6. The Morgan fingerprint density at radius 2 is 2.29 bits per heavy atom. The molecule has 1 aliphatic heterocycles. The van der Waals surface area contributed by atoms with Gasteiger partial charge in [-0.2, -0.15) is 0 Å². The maximum atomic E-state index is 11.6. The maximum Gasteiger partial charge on any atom is 0.337 e. The number of nitrogens with zero attached hydrogens (tertiary/aromatic N) is 1. The summed E-state index contributed by atoms with van der Waals surface area (Å²) in [5.41, 5.74) is 7.41. The second-order valence-corrected chi connectivity index (χ2v) is 6.10. The molecule has 2 unspecified atom stereocenters. The van der Waals surface area contributed by atoms with Gasteiger partial charge >= 0.3 is 5.97 Å². The number of rotatable bonds is 4. The molecule has 1 saturated heterocycles. The molecule has 2 atom stereocenters. The SMILES string of the molecule is COC(=O)c1ccc(Cl)c(CN2CCCC(C)C2CN)c1. The predicted octanol–water partition coefficient (Wildman–Crippen LogP) is 2.69. The normalized spacial score (nSPS) is 23.0. The molecule has 0 aromatic heterocycles. The number of piperidine rings is 1. The molecule has 0 bridgehead atoms. The minimum atomic E-state index is -0.338. The highest BCUT2D eigenvalue weighted by atomic mass is 35.5. The quantitative estimate of drug-likeness (QED) is 0.869. The van der Waals surface area contributed by atoms with Gasteiger partial charge in [0.2, 0.25) is 0 Å². The van der Waals surface area contributed by atoms with Crippen molar-refractivity contribution in [3.05, 3.63) is 34.3 Å². The highest BCUT2D eigenvalue weighted by molar-refractivity contribution is 6.31. The lowest BCUT2D eigenvalue weighted by Gasteiger charge is -2.39. The van der Waals surface area contributed by atoms with Gasteiger partial charge in [0.25, 0.3) is 0 Å². The van der Waals surface area contributed by atoms with Crippen molar-refractivity contribution in [1.29, 1.82) is 0 Å². The summed E-state index contributed by atoms with van der Waals surface area (Å²) in [7, 11) is 1.38. The number of hydrogen-bond donors (Lipinski definition) is 1. The zero-order chi connectivity index (χ0) is 15.4. The lowest BCUT2D eigenvalue weighted by molar-refractivity contribution is 0.0600. The highest BCUT2D eigenvalue weighted by Crippen LogP contribution is 2.27. The molecular weight excluding hydrogens is 288 g/mol. The van der Waals surface area contributed by atoms with Crippen LogP contribution in [0.15, 0.2) is 18.2 Å². The van der Waals surface area contributed by atoms with Gasteiger partial charge in [0.1, 0.15) is 0 Å². The average Bonchev–Trinajstić information content (AvgIpc) is 2.49. The Hall–Kier alpha value is -1.10. The van der Waals surface area contributed by atoms with E-state index in [1.165, 1.54) is 20.0 Å². The molecule has 0 aliphatic carbocycles. The lowest BCUT2D eigenvalue weighted by Crippen LogP contribution is -2.48. The van der Waals surface area contributed by atoms with Gasteiger partial charge in [0.05, 0.1) is 12.7 Å². The molecule has 116 valence electrons. The van der Waals surface area contributed by atoms with Crippen LogP contribution in [0.1, 0.15) is 35.7 Å². The smallest absolute Gasteiger partial charge is 0.337 e. The summed E-state index contributed by atoms with van der Waals surface area (Å²) in [6.45, 7) is 4.63. The summed E-state index contributed by atoms with van der Waals surface area (Å²) in [6, 6.07) is 5.64. The van der Waals surface area contributed by atoms with Crippen LogP contribution in [0.4, 0.5) is 0 Å². The molecule has 21 heavy (non-hydrogen) atoms. The van der Waals surface area contributed by atoms with E-state index in [9.17, 15) is 4.79 Å². The minimum Gasteiger partial charge on any atom is -0.465 e. The molecule has 0 amide bonds. The third-order valence-corrected chi connectivity index (χ3v) is 4.68. The third-order valence-electron chi connectivity index (χ3n) is 4.31. The number of carbonyl (C=O) groups is 1. The number of ether oxygens (including phenoxy) is 1. The summed E-state index contributed by atoms with van der Waals surface area (Å²) < 4.78 is 4.76. The second-order valence-electron chi connectivity index (χ2n) is 5.69. The molecule has 1 aromatic carbocycles. The van der Waals surface area contributed by atoms with Crippen molar-refractivity contribution in [2.45, 2.75) is 32.4 Å². The highest BCUT2D eigenvalue weighted by Gasteiger charge is 2.27. The van der Waals surface area contributed by atoms with Gasteiger partial charge < -0.3 is 10.5 Å². The van der Waals surface area contributed by atoms with Crippen LogP contribution < -0.4 is 5.73 Å². The second kappa shape index (κ2) is 7.25. The van der Waals surface area contributed by atoms with Gasteiger partial charge in [-0.3, -0.25) is 4.90 Å². The van der Waals surface area contributed by atoms with Crippen molar-refractivity contribution in [2.24, 2.45) is 11.7 Å². The largest absolute Gasteiger partial charge is 0.465 e. The molecule has 1 fully saturated rings.